The monoisotopic (exact) mass is 423 g/mol. The van der Waals surface area contributed by atoms with E-state index in [0.29, 0.717) is 12.3 Å². The quantitative estimate of drug-likeness (QED) is 0.534. The average molecular weight is 423 g/mol. The fraction of sp³-hybridized carbons (Fsp3) is 0.545. The molecule has 2 aromatic rings. The van der Waals surface area contributed by atoms with Gasteiger partial charge >= 0.3 is 6.18 Å². The maximum Gasteiger partial charge on any atom is 0.423 e. The summed E-state index contributed by atoms with van der Waals surface area (Å²) in [5.41, 5.74) is -0.205. The third-order valence-corrected chi connectivity index (χ3v) is 4.94. The minimum Gasteiger partial charge on any atom is -0.491 e. The van der Waals surface area contributed by atoms with E-state index in [2.05, 4.69) is 9.97 Å². The van der Waals surface area contributed by atoms with Gasteiger partial charge in [-0.15, -0.1) is 0 Å². The molecular weight excluding hydrogens is 395 g/mol. The molecule has 0 saturated heterocycles. The lowest BCUT2D eigenvalue weighted by Crippen LogP contribution is -2.24. The van der Waals surface area contributed by atoms with Crippen molar-refractivity contribution in [1.29, 1.82) is 0 Å². The highest BCUT2D eigenvalue weighted by Gasteiger charge is 2.37. The van der Waals surface area contributed by atoms with E-state index in [4.69, 9.17) is 9.47 Å². The van der Waals surface area contributed by atoms with E-state index in [0.717, 1.165) is 44.0 Å². The van der Waals surface area contributed by atoms with Gasteiger partial charge in [0.15, 0.2) is 0 Å². The van der Waals surface area contributed by atoms with Gasteiger partial charge in [0.05, 0.1) is 6.10 Å². The van der Waals surface area contributed by atoms with Crippen molar-refractivity contribution < 1.29 is 22.6 Å². The lowest BCUT2D eigenvalue weighted by Gasteiger charge is -2.26. The Morgan fingerprint density at radius 2 is 1.90 bits per heavy atom. The summed E-state index contributed by atoms with van der Waals surface area (Å²) >= 11 is 0. The van der Waals surface area contributed by atoms with Crippen molar-refractivity contribution in [3.05, 3.63) is 36.0 Å². The molecule has 0 unspecified atom stereocenters. The number of halogens is 3. The van der Waals surface area contributed by atoms with E-state index in [9.17, 15) is 13.2 Å². The first-order chi connectivity index (χ1) is 14.3. The molecule has 1 aliphatic rings. The van der Waals surface area contributed by atoms with Crippen LogP contribution in [0.5, 0.6) is 11.6 Å². The highest BCUT2D eigenvalue weighted by atomic mass is 19.4. The van der Waals surface area contributed by atoms with Gasteiger partial charge < -0.3 is 14.4 Å². The summed E-state index contributed by atoms with van der Waals surface area (Å²) in [5, 5.41) is 0. The first kappa shape index (κ1) is 22.2. The van der Waals surface area contributed by atoms with Crippen LogP contribution in [0.15, 0.2) is 30.5 Å². The second-order valence-electron chi connectivity index (χ2n) is 7.67. The van der Waals surface area contributed by atoms with Crippen LogP contribution >= 0.6 is 0 Å². The molecule has 164 valence electrons. The highest BCUT2D eigenvalue weighted by molar-refractivity contribution is 5.59. The first-order valence-electron chi connectivity index (χ1n) is 10.4. The maximum atomic E-state index is 13.5. The van der Waals surface area contributed by atoms with Gasteiger partial charge in [-0.3, -0.25) is 0 Å². The van der Waals surface area contributed by atoms with Crippen molar-refractivity contribution in [3.63, 3.8) is 0 Å². The van der Waals surface area contributed by atoms with Gasteiger partial charge in [0.1, 0.15) is 17.4 Å². The average Bonchev–Trinajstić information content (AvgIpc) is 2.68. The van der Waals surface area contributed by atoms with Gasteiger partial charge in [0.25, 0.3) is 0 Å². The van der Waals surface area contributed by atoms with Crippen molar-refractivity contribution >= 4 is 11.6 Å². The lowest BCUT2D eigenvalue weighted by molar-refractivity contribution is -0.140. The van der Waals surface area contributed by atoms with Crippen molar-refractivity contribution in [2.45, 2.75) is 71.3 Å². The largest absolute Gasteiger partial charge is 0.491 e. The normalized spacial score (nSPS) is 15.3. The molecule has 0 atom stereocenters. The zero-order chi connectivity index (χ0) is 21.7. The molecule has 5 nitrogen and oxygen atoms in total. The van der Waals surface area contributed by atoms with Crippen LogP contribution in [0.4, 0.5) is 24.8 Å². The van der Waals surface area contributed by atoms with Crippen molar-refractivity contribution in [1.82, 2.24) is 9.97 Å². The van der Waals surface area contributed by atoms with E-state index in [1.807, 2.05) is 45.0 Å². The van der Waals surface area contributed by atoms with E-state index in [-0.39, 0.29) is 18.2 Å². The van der Waals surface area contributed by atoms with E-state index in [1.54, 1.807) is 4.90 Å². The van der Waals surface area contributed by atoms with Crippen LogP contribution in [-0.2, 0) is 6.18 Å². The van der Waals surface area contributed by atoms with E-state index < -0.39 is 17.6 Å². The van der Waals surface area contributed by atoms with Crippen molar-refractivity contribution in [3.8, 4) is 11.6 Å². The number of aromatic nitrogens is 2. The number of ether oxygens (including phenoxy) is 2. The minimum atomic E-state index is -4.58. The Labute approximate surface area is 175 Å². The fourth-order valence-electron chi connectivity index (χ4n) is 3.55. The highest BCUT2D eigenvalue weighted by Crippen LogP contribution is 2.38. The van der Waals surface area contributed by atoms with E-state index in [1.165, 1.54) is 0 Å². The molecule has 1 aromatic carbocycles. The third kappa shape index (κ3) is 5.55. The number of hydrogen-bond donors (Lipinski definition) is 0. The number of hydrogen-bond acceptors (Lipinski definition) is 5. The molecule has 1 aromatic heterocycles. The summed E-state index contributed by atoms with van der Waals surface area (Å²) in [6.45, 7) is 6.22. The Morgan fingerprint density at radius 3 is 2.53 bits per heavy atom. The number of alkyl halides is 3. The molecule has 8 heteroatoms. The van der Waals surface area contributed by atoms with Crippen LogP contribution in [0, 0.1) is 0 Å². The maximum absolute atomic E-state index is 13.5. The van der Waals surface area contributed by atoms with E-state index >= 15 is 0 Å². The Hall–Kier alpha value is -2.51. The number of benzene rings is 1. The fourth-order valence-corrected chi connectivity index (χ4v) is 3.55. The predicted octanol–water partition coefficient (Wildman–Crippen LogP) is 6.15. The zero-order valence-corrected chi connectivity index (χ0v) is 17.6. The zero-order valence-electron chi connectivity index (χ0n) is 17.6. The smallest absolute Gasteiger partial charge is 0.423 e. The molecule has 0 aliphatic heterocycles. The molecule has 1 heterocycles. The minimum absolute atomic E-state index is 0.00754. The molecule has 0 amide bonds. The molecule has 0 bridgehead atoms. The standard InChI is InChI=1S/C22H28F3N3O2/c1-4-28(16-9-8-12-18(13-16)29-15(2)3)21-26-14-19(22(23,24)25)20(27-21)30-17-10-6-5-7-11-17/h8-9,12-15,17H,4-7,10-11H2,1-3H3. The van der Waals surface area contributed by atoms with Gasteiger partial charge in [-0.05, 0) is 58.6 Å². The van der Waals surface area contributed by atoms with Gasteiger partial charge in [-0.2, -0.15) is 18.2 Å². The first-order valence-corrected chi connectivity index (χ1v) is 10.4. The summed E-state index contributed by atoms with van der Waals surface area (Å²) < 4.78 is 52.0. The van der Waals surface area contributed by atoms with Gasteiger partial charge in [0, 0.05) is 24.5 Å². The van der Waals surface area contributed by atoms with Crippen LogP contribution < -0.4 is 14.4 Å². The number of anilines is 2. The molecule has 1 saturated carbocycles. The van der Waals surface area contributed by atoms with Crippen LogP contribution in [-0.4, -0.2) is 28.7 Å². The molecule has 0 N–H and O–H groups in total. The predicted molar refractivity (Wildman–Crippen MR) is 109 cm³/mol. The second-order valence-corrected chi connectivity index (χ2v) is 7.67. The molecular formula is C22H28F3N3O2. The Bertz CT molecular complexity index is 837. The summed E-state index contributed by atoms with van der Waals surface area (Å²) in [5.74, 6) is 0.442. The van der Waals surface area contributed by atoms with Crippen LogP contribution in [0.2, 0.25) is 0 Å². The van der Waals surface area contributed by atoms with Crippen LogP contribution in [0.3, 0.4) is 0 Å². The molecule has 30 heavy (non-hydrogen) atoms. The van der Waals surface area contributed by atoms with Crippen molar-refractivity contribution in [2.75, 3.05) is 11.4 Å². The third-order valence-electron chi connectivity index (χ3n) is 4.94. The molecule has 0 radical (unpaired) electrons. The molecule has 1 fully saturated rings. The van der Waals surface area contributed by atoms with Crippen LogP contribution in [0.25, 0.3) is 0 Å². The van der Waals surface area contributed by atoms with Gasteiger partial charge in [0.2, 0.25) is 11.8 Å². The van der Waals surface area contributed by atoms with Gasteiger partial charge in [-0.1, -0.05) is 12.5 Å². The second kappa shape index (κ2) is 9.53. The Morgan fingerprint density at radius 1 is 1.17 bits per heavy atom. The molecule has 3 rings (SSSR count). The summed E-state index contributed by atoms with van der Waals surface area (Å²) in [7, 11) is 0. The van der Waals surface area contributed by atoms with Crippen LogP contribution in [0.1, 0.15) is 58.4 Å². The topological polar surface area (TPSA) is 47.5 Å². The summed E-state index contributed by atoms with van der Waals surface area (Å²) in [6.07, 6.45) is 0.461. The molecule has 0 spiro atoms. The van der Waals surface area contributed by atoms with Crippen molar-refractivity contribution in [2.24, 2.45) is 0 Å². The Balaban J connectivity index is 1.94. The number of rotatable bonds is 7. The summed E-state index contributed by atoms with van der Waals surface area (Å²) in [6, 6.07) is 7.34. The van der Waals surface area contributed by atoms with Gasteiger partial charge in [-0.25, -0.2) is 4.98 Å². The molecule has 1 aliphatic carbocycles. The SMILES string of the molecule is CCN(c1cccc(OC(C)C)c1)c1ncc(C(F)(F)F)c(OC2CCCCC2)n1. The Kier molecular flexibility index (Phi) is 7.05. The summed E-state index contributed by atoms with van der Waals surface area (Å²) in [4.78, 5) is 9.95. The lowest BCUT2D eigenvalue weighted by atomic mass is 9.98. The number of nitrogens with zero attached hydrogens (tertiary/aromatic N) is 3.